The van der Waals surface area contributed by atoms with Gasteiger partial charge < -0.3 is 10.1 Å². The fraction of sp³-hybridized carbons (Fsp3) is 0.143. The van der Waals surface area contributed by atoms with Crippen LogP contribution < -0.4 is 10.1 Å². The summed E-state index contributed by atoms with van der Waals surface area (Å²) in [6.07, 6.45) is 0. The number of hydrogen-bond donors (Lipinski definition) is 1. The van der Waals surface area contributed by atoms with Gasteiger partial charge in [-0.3, -0.25) is 4.79 Å². The molecule has 3 aromatic rings. The zero-order valence-electron chi connectivity index (χ0n) is 15.3. The zero-order valence-corrected chi connectivity index (χ0v) is 16.1. The number of aromatic nitrogens is 1. The van der Waals surface area contributed by atoms with Crippen molar-refractivity contribution in [1.82, 2.24) is 4.98 Å². The Balaban J connectivity index is 1.71. The van der Waals surface area contributed by atoms with Crippen molar-refractivity contribution in [3.8, 4) is 5.88 Å². The van der Waals surface area contributed by atoms with Crippen LogP contribution in [0.2, 0.25) is 0 Å². The molecule has 144 valence electrons. The van der Waals surface area contributed by atoms with Gasteiger partial charge in [-0.25, -0.2) is 8.42 Å². The van der Waals surface area contributed by atoms with Gasteiger partial charge >= 0.3 is 0 Å². The van der Waals surface area contributed by atoms with E-state index in [4.69, 9.17) is 4.74 Å². The molecule has 0 atom stereocenters. The van der Waals surface area contributed by atoms with Crippen LogP contribution in [0.4, 0.5) is 5.82 Å². The Morgan fingerprint density at radius 2 is 1.68 bits per heavy atom. The maximum atomic E-state index is 12.5. The molecule has 1 N–H and O–H groups in total. The second kappa shape index (κ2) is 8.67. The standard InChI is InChI=1S/C21H20N2O4S/c1-2-27-20-10-6-9-19(22-20)23-21(24)17-11-13-18(14-12-17)28(25,26)15-16-7-4-3-5-8-16/h3-14H,2,15H2,1H3,(H,22,23,24). The Morgan fingerprint density at radius 1 is 0.964 bits per heavy atom. The van der Waals surface area contributed by atoms with E-state index in [2.05, 4.69) is 10.3 Å². The highest BCUT2D eigenvalue weighted by Crippen LogP contribution is 2.18. The lowest BCUT2D eigenvalue weighted by molar-refractivity contribution is 0.102. The van der Waals surface area contributed by atoms with Gasteiger partial charge in [0.05, 0.1) is 17.3 Å². The van der Waals surface area contributed by atoms with Gasteiger partial charge in [0, 0.05) is 11.6 Å². The van der Waals surface area contributed by atoms with E-state index in [0.717, 1.165) is 0 Å². The van der Waals surface area contributed by atoms with Crippen LogP contribution in [-0.2, 0) is 15.6 Å². The largest absolute Gasteiger partial charge is 0.478 e. The van der Waals surface area contributed by atoms with Crippen LogP contribution >= 0.6 is 0 Å². The van der Waals surface area contributed by atoms with E-state index < -0.39 is 9.84 Å². The van der Waals surface area contributed by atoms with Gasteiger partial charge in [-0.15, -0.1) is 0 Å². The summed E-state index contributed by atoms with van der Waals surface area (Å²) in [4.78, 5) is 16.7. The first kappa shape index (κ1) is 19.6. The van der Waals surface area contributed by atoms with E-state index in [1.54, 1.807) is 42.5 Å². The molecule has 2 aromatic carbocycles. The number of rotatable bonds is 7. The van der Waals surface area contributed by atoms with Gasteiger partial charge in [-0.2, -0.15) is 4.98 Å². The summed E-state index contributed by atoms with van der Waals surface area (Å²) in [7, 11) is -3.49. The Morgan fingerprint density at radius 3 is 2.36 bits per heavy atom. The smallest absolute Gasteiger partial charge is 0.256 e. The lowest BCUT2D eigenvalue weighted by atomic mass is 10.2. The van der Waals surface area contributed by atoms with Crippen LogP contribution in [0.25, 0.3) is 0 Å². The second-order valence-electron chi connectivity index (χ2n) is 6.02. The third kappa shape index (κ3) is 4.95. The Labute approximate surface area is 164 Å². The van der Waals surface area contributed by atoms with E-state index in [9.17, 15) is 13.2 Å². The summed E-state index contributed by atoms with van der Waals surface area (Å²) in [5.41, 5.74) is 1.05. The van der Waals surface area contributed by atoms with E-state index in [1.165, 1.54) is 24.3 Å². The van der Waals surface area contributed by atoms with E-state index in [1.807, 2.05) is 13.0 Å². The van der Waals surface area contributed by atoms with E-state index in [-0.39, 0.29) is 16.6 Å². The summed E-state index contributed by atoms with van der Waals surface area (Å²) >= 11 is 0. The molecule has 0 aliphatic carbocycles. The third-order valence-electron chi connectivity index (χ3n) is 3.93. The summed E-state index contributed by atoms with van der Waals surface area (Å²) in [6, 6.07) is 19.9. The van der Waals surface area contributed by atoms with Gasteiger partial charge in [0.15, 0.2) is 9.84 Å². The minimum absolute atomic E-state index is 0.0898. The van der Waals surface area contributed by atoms with Crippen LogP contribution in [0.15, 0.2) is 77.7 Å². The summed E-state index contributed by atoms with van der Waals surface area (Å²) in [5.74, 6) is 0.306. The predicted molar refractivity (Wildman–Crippen MR) is 107 cm³/mol. The fourth-order valence-corrected chi connectivity index (χ4v) is 3.94. The lowest BCUT2D eigenvalue weighted by Gasteiger charge is -2.08. The summed E-state index contributed by atoms with van der Waals surface area (Å²) < 4.78 is 30.4. The van der Waals surface area contributed by atoms with Crippen LogP contribution in [0.3, 0.4) is 0 Å². The number of carbonyl (C=O) groups excluding carboxylic acids is 1. The number of anilines is 1. The summed E-state index contributed by atoms with van der Waals surface area (Å²) in [5, 5.41) is 2.68. The topological polar surface area (TPSA) is 85.4 Å². The molecule has 0 radical (unpaired) electrons. The molecular weight excluding hydrogens is 376 g/mol. The number of hydrogen-bond acceptors (Lipinski definition) is 5. The number of nitrogens with one attached hydrogen (secondary N) is 1. The molecule has 0 spiro atoms. The van der Waals surface area contributed by atoms with Crippen molar-refractivity contribution in [2.45, 2.75) is 17.6 Å². The molecule has 6 nitrogen and oxygen atoms in total. The Hall–Kier alpha value is -3.19. The Kier molecular flexibility index (Phi) is 6.06. The Bertz CT molecular complexity index is 1050. The van der Waals surface area contributed by atoms with Gasteiger partial charge in [0.25, 0.3) is 5.91 Å². The number of ether oxygens (including phenoxy) is 1. The number of benzene rings is 2. The maximum Gasteiger partial charge on any atom is 0.256 e. The molecule has 28 heavy (non-hydrogen) atoms. The van der Waals surface area contributed by atoms with Crippen LogP contribution in [-0.4, -0.2) is 25.9 Å². The highest BCUT2D eigenvalue weighted by molar-refractivity contribution is 7.90. The normalized spacial score (nSPS) is 11.0. The number of amides is 1. The van der Waals surface area contributed by atoms with Crippen molar-refractivity contribution < 1.29 is 17.9 Å². The van der Waals surface area contributed by atoms with Crippen molar-refractivity contribution in [2.24, 2.45) is 0 Å². The molecule has 3 rings (SSSR count). The molecular formula is C21H20N2O4S. The molecule has 0 fully saturated rings. The van der Waals surface area contributed by atoms with Crippen molar-refractivity contribution in [2.75, 3.05) is 11.9 Å². The molecule has 0 saturated carbocycles. The number of pyridine rings is 1. The maximum absolute atomic E-state index is 12.5. The van der Waals surface area contributed by atoms with Gasteiger partial charge in [0.1, 0.15) is 5.82 Å². The van der Waals surface area contributed by atoms with Gasteiger partial charge in [0.2, 0.25) is 5.88 Å². The van der Waals surface area contributed by atoms with Gasteiger partial charge in [-0.1, -0.05) is 36.4 Å². The van der Waals surface area contributed by atoms with Crippen molar-refractivity contribution in [3.63, 3.8) is 0 Å². The number of nitrogens with zero attached hydrogens (tertiary/aromatic N) is 1. The fourth-order valence-electron chi connectivity index (χ4n) is 2.59. The highest BCUT2D eigenvalue weighted by atomic mass is 32.2. The predicted octanol–water partition coefficient (Wildman–Crippen LogP) is 3.71. The van der Waals surface area contributed by atoms with Gasteiger partial charge in [-0.05, 0) is 42.8 Å². The quantitative estimate of drug-likeness (QED) is 0.658. The molecule has 7 heteroatoms. The van der Waals surface area contributed by atoms with Crippen LogP contribution in [0.1, 0.15) is 22.8 Å². The highest BCUT2D eigenvalue weighted by Gasteiger charge is 2.16. The average molecular weight is 396 g/mol. The first-order valence-corrected chi connectivity index (χ1v) is 10.4. The van der Waals surface area contributed by atoms with Crippen molar-refractivity contribution in [1.29, 1.82) is 0 Å². The monoisotopic (exact) mass is 396 g/mol. The molecule has 0 aliphatic rings. The van der Waals surface area contributed by atoms with Crippen LogP contribution in [0, 0.1) is 0 Å². The minimum atomic E-state index is -3.49. The molecule has 1 heterocycles. The first-order chi connectivity index (χ1) is 13.5. The SMILES string of the molecule is CCOc1cccc(NC(=O)c2ccc(S(=O)(=O)Cc3ccccc3)cc2)n1. The minimum Gasteiger partial charge on any atom is -0.478 e. The van der Waals surface area contributed by atoms with E-state index in [0.29, 0.717) is 29.4 Å². The second-order valence-corrected chi connectivity index (χ2v) is 8.01. The lowest BCUT2D eigenvalue weighted by Crippen LogP contribution is -2.13. The molecule has 1 amide bonds. The molecule has 0 bridgehead atoms. The summed E-state index contributed by atoms with van der Waals surface area (Å²) in [6.45, 7) is 2.32. The molecule has 0 aliphatic heterocycles. The first-order valence-electron chi connectivity index (χ1n) is 8.76. The van der Waals surface area contributed by atoms with Crippen molar-refractivity contribution >= 4 is 21.6 Å². The third-order valence-corrected chi connectivity index (χ3v) is 5.64. The van der Waals surface area contributed by atoms with Crippen molar-refractivity contribution in [3.05, 3.63) is 83.9 Å². The number of carbonyl (C=O) groups is 1. The molecule has 0 saturated heterocycles. The molecule has 0 unspecified atom stereocenters. The van der Waals surface area contributed by atoms with E-state index >= 15 is 0 Å². The molecule has 1 aromatic heterocycles. The zero-order chi connectivity index (χ0) is 20.0. The number of sulfone groups is 1. The van der Waals surface area contributed by atoms with Crippen LogP contribution in [0.5, 0.6) is 5.88 Å². The average Bonchev–Trinajstić information content (AvgIpc) is 2.69.